The highest BCUT2D eigenvalue weighted by atomic mass is 32.2. The number of nitrogens with one attached hydrogen (secondary N) is 2. The Morgan fingerprint density at radius 2 is 2.00 bits per heavy atom. The van der Waals surface area contributed by atoms with Crippen LogP contribution in [0.5, 0.6) is 5.75 Å². The molecule has 8 nitrogen and oxygen atoms in total. The minimum Gasteiger partial charge on any atom is -0.496 e. The van der Waals surface area contributed by atoms with Crippen LogP contribution in [0.3, 0.4) is 0 Å². The first kappa shape index (κ1) is 25.2. The second kappa shape index (κ2) is 11.6. The van der Waals surface area contributed by atoms with Gasteiger partial charge in [-0.15, -0.1) is 0 Å². The van der Waals surface area contributed by atoms with E-state index in [9.17, 15) is 13.2 Å². The van der Waals surface area contributed by atoms with Crippen LogP contribution in [-0.4, -0.2) is 40.4 Å². The molecule has 0 radical (unpaired) electrons. The molecular weight excluding hydrogens is 442 g/mol. The molecule has 0 saturated carbocycles. The molecule has 3 atom stereocenters. The maximum absolute atomic E-state index is 12.2. The average Bonchev–Trinajstić information content (AvgIpc) is 2.82. The molecule has 2 aromatic rings. The maximum atomic E-state index is 12.2. The number of benzene rings is 2. The van der Waals surface area contributed by atoms with Gasteiger partial charge < -0.3 is 20.5 Å². The number of ether oxygens (including phenoxy) is 2. The summed E-state index contributed by atoms with van der Waals surface area (Å²) in [6.07, 6.45) is 1.99. The molecule has 1 fully saturated rings. The largest absolute Gasteiger partial charge is 0.496 e. The number of hydrogen-bond acceptors (Lipinski definition) is 7. The Kier molecular flexibility index (Phi) is 8.85. The van der Waals surface area contributed by atoms with E-state index in [4.69, 9.17) is 15.2 Å². The van der Waals surface area contributed by atoms with Crippen molar-refractivity contribution in [1.82, 2.24) is 10.0 Å². The molecule has 0 aromatic heterocycles. The quantitative estimate of drug-likeness (QED) is 0.452. The van der Waals surface area contributed by atoms with Crippen molar-refractivity contribution in [2.45, 2.75) is 38.4 Å². The second-order valence-electron chi connectivity index (χ2n) is 8.14. The van der Waals surface area contributed by atoms with Gasteiger partial charge in [-0.25, -0.2) is 13.1 Å². The van der Waals surface area contributed by atoms with Crippen LogP contribution >= 0.6 is 0 Å². The summed E-state index contributed by atoms with van der Waals surface area (Å²) in [5.74, 6) is -0.682. The predicted molar refractivity (Wildman–Crippen MR) is 127 cm³/mol. The maximum Gasteiger partial charge on any atom is 0.322 e. The number of carbonyl (C=O) groups excluding carboxylic acids is 1. The topological polar surface area (TPSA) is 120 Å². The first-order chi connectivity index (χ1) is 15.8. The zero-order chi connectivity index (χ0) is 23.8. The van der Waals surface area contributed by atoms with Gasteiger partial charge >= 0.3 is 5.97 Å². The molecule has 1 heterocycles. The van der Waals surface area contributed by atoms with E-state index >= 15 is 0 Å². The second-order valence-corrected chi connectivity index (χ2v) is 9.94. The Hall–Kier alpha value is -2.46. The molecule has 4 N–H and O–H groups in total. The lowest BCUT2D eigenvalue weighted by atomic mass is 9.78. The molecule has 9 heteroatoms. The van der Waals surface area contributed by atoms with E-state index in [-0.39, 0.29) is 31.2 Å². The van der Waals surface area contributed by atoms with Gasteiger partial charge in [0.25, 0.3) is 0 Å². The molecule has 0 amide bonds. The summed E-state index contributed by atoms with van der Waals surface area (Å²) in [6.45, 7) is 2.73. The molecule has 0 bridgehead atoms. The van der Waals surface area contributed by atoms with Crippen LogP contribution in [0.25, 0.3) is 0 Å². The molecule has 1 saturated heterocycles. The van der Waals surface area contributed by atoms with Gasteiger partial charge in [0, 0.05) is 24.2 Å². The monoisotopic (exact) mass is 475 g/mol. The molecule has 3 unspecified atom stereocenters. The molecule has 0 aliphatic carbocycles. The Morgan fingerprint density at radius 1 is 1.24 bits per heavy atom. The first-order valence-corrected chi connectivity index (χ1v) is 12.8. The number of hydrogen-bond donors (Lipinski definition) is 3. The lowest BCUT2D eigenvalue weighted by Crippen LogP contribution is -2.39. The van der Waals surface area contributed by atoms with Gasteiger partial charge in [-0.2, -0.15) is 0 Å². The summed E-state index contributed by atoms with van der Waals surface area (Å²) in [5.41, 5.74) is 9.56. The average molecular weight is 476 g/mol. The Morgan fingerprint density at radius 3 is 2.70 bits per heavy atom. The zero-order valence-electron chi connectivity index (χ0n) is 19.1. The van der Waals surface area contributed by atoms with Crippen molar-refractivity contribution in [2.75, 3.05) is 26.0 Å². The molecule has 180 valence electrons. The number of methoxy groups -OCH3 is 1. The van der Waals surface area contributed by atoms with Crippen molar-refractivity contribution in [2.24, 2.45) is 11.7 Å². The van der Waals surface area contributed by atoms with Crippen LogP contribution in [0.1, 0.15) is 48.5 Å². The number of piperidine rings is 1. The van der Waals surface area contributed by atoms with Crippen molar-refractivity contribution < 1.29 is 22.7 Å². The van der Waals surface area contributed by atoms with Crippen LogP contribution in [-0.2, 0) is 26.1 Å². The normalized spacial score (nSPS) is 19.6. The van der Waals surface area contributed by atoms with Gasteiger partial charge in [-0.05, 0) is 55.5 Å². The van der Waals surface area contributed by atoms with Gasteiger partial charge in [-0.1, -0.05) is 36.4 Å². The van der Waals surface area contributed by atoms with Gasteiger partial charge in [0.05, 0.1) is 13.7 Å². The lowest BCUT2D eigenvalue weighted by molar-refractivity contribution is -0.139. The molecule has 1 aliphatic rings. The van der Waals surface area contributed by atoms with E-state index in [1.807, 2.05) is 24.3 Å². The molecular formula is C24H33N3O5S. The van der Waals surface area contributed by atoms with Crippen molar-refractivity contribution in [1.29, 1.82) is 0 Å². The molecule has 0 spiro atoms. The van der Waals surface area contributed by atoms with E-state index in [1.54, 1.807) is 26.2 Å². The number of esters is 1. The highest BCUT2D eigenvalue weighted by Crippen LogP contribution is 2.40. The smallest absolute Gasteiger partial charge is 0.322 e. The van der Waals surface area contributed by atoms with Crippen molar-refractivity contribution in [3.8, 4) is 5.75 Å². The number of sulfonamides is 1. The molecule has 2 aromatic carbocycles. The Bertz CT molecular complexity index is 1030. The van der Waals surface area contributed by atoms with Gasteiger partial charge in [0.1, 0.15) is 5.75 Å². The van der Waals surface area contributed by atoms with E-state index in [1.165, 1.54) is 5.56 Å². The van der Waals surface area contributed by atoms with Crippen LogP contribution in [0, 0.1) is 5.92 Å². The predicted octanol–water partition coefficient (Wildman–Crippen LogP) is 2.42. The van der Waals surface area contributed by atoms with E-state index in [0.29, 0.717) is 5.75 Å². The summed E-state index contributed by atoms with van der Waals surface area (Å²) < 4.78 is 37.2. The fraction of sp³-hybridized carbons (Fsp3) is 0.458. The van der Waals surface area contributed by atoms with Crippen LogP contribution in [0.15, 0.2) is 48.5 Å². The minimum atomic E-state index is -3.81. The SMILES string of the molecule is CCOC(=O)CS(=O)(=O)NCc1ccc(OC)c(C(N)C2CCCNC2c2ccccc2)c1. The van der Waals surface area contributed by atoms with Gasteiger partial charge in [0.15, 0.2) is 5.75 Å². The van der Waals surface area contributed by atoms with Crippen LogP contribution in [0.4, 0.5) is 0 Å². The summed E-state index contributed by atoms with van der Waals surface area (Å²) in [6, 6.07) is 15.5. The summed E-state index contributed by atoms with van der Waals surface area (Å²) >= 11 is 0. The number of rotatable bonds is 10. The van der Waals surface area contributed by atoms with Crippen molar-refractivity contribution in [3.63, 3.8) is 0 Å². The minimum absolute atomic E-state index is 0.0382. The molecule has 33 heavy (non-hydrogen) atoms. The Labute approximate surface area is 195 Å². The fourth-order valence-corrected chi connectivity index (χ4v) is 5.19. The Balaban J connectivity index is 1.79. The summed E-state index contributed by atoms with van der Waals surface area (Å²) in [4.78, 5) is 11.5. The van der Waals surface area contributed by atoms with Crippen molar-refractivity contribution in [3.05, 3.63) is 65.2 Å². The third-order valence-electron chi connectivity index (χ3n) is 5.89. The number of carbonyl (C=O) groups is 1. The van der Waals surface area contributed by atoms with Crippen LogP contribution in [0.2, 0.25) is 0 Å². The zero-order valence-corrected chi connectivity index (χ0v) is 19.9. The van der Waals surface area contributed by atoms with Crippen molar-refractivity contribution >= 4 is 16.0 Å². The number of nitrogens with two attached hydrogens (primary N) is 1. The summed E-state index contributed by atoms with van der Waals surface area (Å²) in [5, 5.41) is 3.61. The molecule has 1 aliphatic heterocycles. The third-order valence-corrected chi connectivity index (χ3v) is 7.09. The third kappa shape index (κ3) is 6.77. The molecule has 3 rings (SSSR count). The van der Waals surface area contributed by atoms with Gasteiger partial charge in [0.2, 0.25) is 10.0 Å². The van der Waals surface area contributed by atoms with E-state index in [2.05, 4.69) is 22.2 Å². The summed E-state index contributed by atoms with van der Waals surface area (Å²) in [7, 11) is -2.21. The standard InChI is InChI=1S/C24H33N3O5S/c1-3-32-22(28)16-33(29,30)27-15-17-11-12-21(31-2)20(14-17)23(25)19-10-7-13-26-24(19)18-8-5-4-6-9-18/h4-6,8-9,11-12,14,19,23-24,26-27H,3,7,10,13,15-16,25H2,1-2H3. The first-order valence-electron chi connectivity index (χ1n) is 11.2. The van der Waals surface area contributed by atoms with Crippen LogP contribution < -0.4 is 20.5 Å². The highest BCUT2D eigenvalue weighted by Gasteiger charge is 2.33. The van der Waals surface area contributed by atoms with E-state index < -0.39 is 21.7 Å². The van der Waals surface area contributed by atoms with E-state index in [0.717, 1.165) is 30.5 Å². The fourth-order valence-electron chi connectivity index (χ4n) is 4.31. The highest BCUT2D eigenvalue weighted by molar-refractivity contribution is 7.90. The lowest BCUT2D eigenvalue weighted by Gasteiger charge is -2.37. The van der Waals surface area contributed by atoms with Gasteiger partial charge in [-0.3, -0.25) is 4.79 Å².